The molecule has 37 heavy (non-hydrogen) atoms. The molecule has 0 unspecified atom stereocenters. The Kier molecular flexibility index (Phi) is 6.63. The molecule has 0 saturated heterocycles. The van der Waals surface area contributed by atoms with Gasteiger partial charge in [-0.1, -0.05) is 113 Å². The summed E-state index contributed by atoms with van der Waals surface area (Å²) in [7, 11) is 0. The van der Waals surface area contributed by atoms with Gasteiger partial charge in [0, 0.05) is 0 Å². The van der Waals surface area contributed by atoms with Gasteiger partial charge in [-0.3, -0.25) is 0 Å². The summed E-state index contributed by atoms with van der Waals surface area (Å²) in [5.74, 6) is 1.33. The van der Waals surface area contributed by atoms with Crippen LogP contribution in [-0.2, 0) is 0 Å². The minimum absolute atomic E-state index is 0.0958. The molecular formula is C37H60. The highest BCUT2D eigenvalue weighted by atomic mass is 14.7. The Balaban J connectivity index is 1.81. The molecule has 0 heterocycles. The van der Waals surface area contributed by atoms with E-state index in [-0.39, 0.29) is 27.1 Å². The van der Waals surface area contributed by atoms with Crippen LogP contribution in [0.3, 0.4) is 0 Å². The van der Waals surface area contributed by atoms with E-state index in [9.17, 15) is 0 Å². The van der Waals surface area contributed by atoms with Gasteiger partial charge in [-0.2, -0.15) is 0 Å². The number of allylic oxidation sites excluding steroid dienone is 6. The zero-order valence-corrected chi connectivity index (χ0v) is 26.9. The summed E-state index contributed by atoms with van der Waals surface area (Å²) in [6.07, 6.45) is 15.5. The standard InChI is InChI=1S/C37H60/c1-25(2)27(5)15-19-32(9,26(3)4)37(14)24-23-34(11)30-17-21-35(12)31(7,8)28(6)16-20-33(35,10)29(30)18-22-36(34,37)13/h17-18,25,28H,3,5,15-16,19-24H2,1-2,4,6-14H3/t28-,32-,33+,34-,35-,36-,37+/m0/s1. The van der Waals surface area contributed by atoms with Crippen LogP contribution in [0.25, 0.3) is 0 Å². The smallest absolute Gasteiger partial charge is 0.00132 e. The predicted molar refractivity (Wildman–Crippen MR) is 163 cm³/mol. The summed E-state index contributed by atoms with van der Waals surface area (Å²) in [5.41, 5.74) is 7.86. The van der Waals surface area contributed by atoms with E-state index in [1.807, 2.05) is 0 Å². The molecule has 0 amide bonds. The molecule has 0 nitrogen and oxygen atoms in total. The maximum Gasteiger partial charge on any atom is -0.00132 e. The van der Waals surface area contributed by atoms with Gasteiger partial charge < -0.3 is 0 Å². The highest BCUT2D eigenvalue weighted by Gasteiger charge is 2.70. The second-order valence-electron chi connectivity index (χ2n) is 16.4. The van der Waals surface area contributed by atoms with Crippen molar-refractivity contribution in [3.05, 3.63) is 47.6 Å². The van der Waals surface area contributed by atoms with Gasteiger partial charge in [0.2, 0.25) is 0 Å². The highest BCUT2D eigenvalue weighted by Crippen LogP contribution is 2.79. The minimum atomic E-state index is 0.0958. The average molecular weight is 505 g/mol. The largest absolute Gasteiger partial charge is 0.0996 e. The lowest BCUT2D eigenvalue weighted by Gasteiger charge is -2.68. The third-order valence-electron chi connectivity index (χ3n) is 15.3. The lowest BCUT2D eigenvalue weighted by atomic mass is 9.36. The quantitative estimate of drug-likeness (QED) is 0.315. The maximum absolute atomic E-state index is 4.65. The molecular weight excluding hydrogens is 444 g/mol. The molecule has 0 aliphatic heterocycles. The molecule has 4 rings (SSSR count). The van der Waals surface area contributed by atoms with Gasteiger partial charge in [-0.05, 0) is 119 Å². The van der Waals surface area contributed by atoms with Gasteiger partial charge >= 0.3 is 0 Å². The first kappa shape index (κ1) is 29.0. The minimum Gasteiger partial charge on any atom is -0.0996 e. The molecule has 4 aliphatic rings. The van der Waals surface area contributed by atoms with Crippen LogP contribution < -0.4 is 0 Å². The monoisotopic (exact) mass is 504 g/mol. The zero-order chi connectivity index (χ0) is 28.0. The predicted octanol–water partition coefficient (Wildman–Crippen LogP) is 11.5. The van der Waals surface area contributed by atoms with E-state index in [2.05, 4.69) is 108 Å². The number of fused-ring (bicyclic) bond motifs is 5. The average Bonchev–Trinajstić information content (AvgIpc) is 3.04. The Morgan fingerprint density at radius 2 is 1.41 bits per heavy atom. The lowest BCUT2D eigenvalue weighted by molar-refractivity contribution is -0.112. The summed E-state index contributed by atoms with van der Waals surface area (Å²) in [4.78, 5) is 0. The van der Waals surface area contributed by atoms with E-state index in [0.29, 0.717) is 16.7 Å². The topological polar surface area (TPSA) is 0 Å². The van der Waals surface area contributed by atoms with Crippen LogP contribution in [0.5, 0.6) is 0 Å². The van der Waals surface area contributed by atoms with Crippen molar-refractivity contribution in [2.24, 2.45) is 49.7 Å². The zero-order valence-electron chi connectivity index (χ0n) is 26.9. The summed E-state index contributed by atoms with van der Waals surface area (Å²) < 4.78 is 0. The van der Waals surface area contributed by atoms with Gasteiger partial charge in [-0.25, -0.2) is 0 Å². The molecule has 0 aromatic carbocycles. The third kappa shape index (κ3) is 3.32. The van der Waals surface area contributed by atoms with Crippen molar-refractivity contribution in [2.45, 2.75) is 134 Å². The maximum atomic E-state index is 4.65. The molecule has 208 valence electrons. The molecule has 7 atom stereocenters. The molecule has 0 radical (unpaired) electrons. The molecule has 4 aliphatic carbocycles. The van der Waals surface area contributed by atoms with Crippen LogP contribution in [0.2, 0.25) is 0 Å². The first-order valence-corrected chi connectivity index (χ1v) is 15.5. The van der Waals surface area contributed by atoms with Crippen LogP contribution in [0.1, 0.15) is 134 Å². The summed E-state index contributed by atoms with van der Waals surface area (Å²) in [5, 5.41) is 0. The van der Waals surface area contributed by atoms with E-state index < -0.39 is 0 Å². The molecule has 2 saturated carbocycles. The molecule has 0 aromatic rings. The van der Waals surface area contributed by atoms with Gasteiger partial charge in [0.05, 0.1) is 0 Å². The normalized spacial score (nSPS) is 44.2. The van der Waals surface area contributed by atoms with E-state index in [4.69, 9.17) is 0 Å². The first-order chi connectivity index (χ1) is 16.8. The Hall–Kier alpha value is -1.04. The fourth-order valence-corrected chi connectivity index (χ4v) is 10.3. The Morgan fingerprint density at radius 3 is 1.92 bits per heavy atom. The van der Waals surface area contributed by atoms with Gasteiger partial charge in [0.25, 0.3) is 0 Å². The van der Waals surface area contributed by atoms with Crippen molar-refractivity contribution in [3.63, 3.8) is 0 Å². The van der Waals surface area contributed by atoms with Crippen molar-refractivity contribution < 1.29 is 0 Å². The van der Waals surface area contributed by atoms with Crippen LogP contribution >= 0.6 is 0 Å². The van der Waals surface area contributed by atoms with Crippen LogP contribution in [0.4, 0.5) is 0 Å². The van der Waals surface area contributed by atoms with Crippen molar-refractivity contribution in [1.82, 2.24) is 0 Å². The lowest BCUT2D eigenvalue weighted by Crippen LogP contribution is -2.59. The van der Waals surface area contributed by atoms with Gasteiger partial charge in [0.1, 0.15) is 0 Å². The molecule has 2 fully saturated rings. The summed E-state index contributed by atoms with van der Waals surface area (Å²) in [6, 6.07) is 0. The van der Waals surface area contributed by atoms with Crippen LogP contribution in [-0.4, -0.2) is 0 Å². The van der Waals surface area contributed by atoms with Crippen molar-refractivity contribution >= 4 is 0 Å². The Bertz CT molecular complexity index is 1050. The van der Waals surface area contributed by atoms with Crippen LogP contribution in [0.15, 0.2) is 47.6 Å². The fraction of sp³-hybridized carbons (Fsp3) is 0.784. The van der Waals surface area contributed by atoms with Crippen LogP contribution in [0, 0.1) is 49.7 Å². The van der Waals surface area contributed by atoms with Gasteiger partial charge in [-0.15, -0.1) is 0 Å². The van der Waals surface area contributed by atoms with E-state index in [1.165, 1.54) is 56.1 Å². The first-order valence-electron chi connectivity index (χ1n) is 15.5. The number of hydrogen-bond donors (Lipinski definition) is 0. The van der Waals surface area contributed by atoms with Gasteiger partial charge in [0.15, 0.2) is 0 Å². The third-order valence-corrected chi connectivity index (χ3v) is 15.3. The summed E-state index contributed by atoms with van der Waals surface area (Å²) in [6.45, 7) is 39.4. The fourth-order valence-electron chi connectivity index (χ4n) is 10.3. The number of hydrogen-bond acceptors (Lipinski definition) is 0. The van der Waals surface area contributed by atoms with Crippen molar-refractivity contribution in [2.75, 3.05) is 0 Å². The molecule has 0 aromatic heterocycles. The summed E-state index contributed by atoms with van der Waals surface area (Å²) >= 11 is 0. The SMILES string of the molecule is C=C(CC[C@@](C)(C(=C)C)[C@@]1(C)CC[C@@]2(C)C3=CC[C@@]4(C)C(C)(C)[C@@H](C)CC[C@]4(C)C3=CC[C@]12C)C(C)C. The second kappa shape index (κ2) is 8.48. The Morgan fingerprint density at radius 1 is 0.892 bits per heavy atom. The van der Waals surface area contributed by atoms with E-state index >= 15 is 0 Å². The van der Waals surface area contributed by atoms with Crippen molar-refractivity contribution in [3.8, 4) is 0 Å². The molecule has 0 spiro atoms. The van der Waals surface area contributed by atoms with E-state index in [1.54, 1.807) is 11.1 Å². The molecule has 0 N–H and O–H groups in total. The molecule has 0 heteroatoms. The second-order valence-corrected chi connectivity index (χ2v) is 16.4. The Labute approximate surface area is 231 Å². The highest BCUT2D eigenvalue weighted by molar-refractivity contribution is 5.52. The number of rotatable bonds is 6. The van der Waals surface area contributed by atoms with E-state index in [0.717, 1.165) is 12.3 Å². The molecule has 0 bridgehead atoms. The van der Waals surface area contributed by atoms with Crippen molar-refractivity contribution in [1.29, 1.82) is 0 Å².